The van der Waals surface area contributed by atoms with Crippen molar-refractivity contribution in [3.05, 3.63) is 77.4 Å². The Morgan fingerprint density at radius 2 is 1.77 bits per heavy atom. The molecule has 2 aliphatic rings. The van der Waals surface area contributed by atoms with Gasteiger partial charge in [0.05, 0.1) is 6.61 Å². The van der Waals surface area contributed by atoms with Gasteiger partial charge in [-0.05, 0) is 54.8 Å². The van der Waals surface area contributed by atoms with Crippen LogP contribution in [0.5, 0.6) is 0 Å². The van der Waals surface area contributed by atoms with Crippen molar-refractivity contribution in [2.75, 3.05) is 46.4 Å². The van der Waals surface area contributed by atoms with Crippen molar-refractivity contribution < 1.29 is 4.74 Å². The molecule has 160 valence electrons. The Morgan fingerprint density at radius 3 is 2.50 bits per heavy atom. The van der Waals surface area contributed by atoms with Crippen molar-refractivity contribution >= 4 is 6.08 Å². The molecule has 1 fully saturated rings. The van der Waals surface area contributed by atoms with Crippen LogP contribution >= 0.6 is 0 Å². The molecule has 1 aliphatic carbocycles. The van der Waals surface area contributed by atoms with E-state index in [4.69, 9.17) is 4.74 Å². The molecule has 30 heavy (non-hydrogen) atoms. The molecule has 0 amide bonds. The zero-order chi connectivity index (χ0) is 20.6. The van der Waals surface area contributed by atoms with E-state index < -0.39 is 0 Å². The fraction of sp³-hybridized carbons (Fsp3) is 0.481. The number of nitrogens with zero attached hydrogens (tertiary/aromatic N) is 2. The van der Waals surface area contributed by atoms with Crippen LogP contribution in [0.2, 0.25) is 0 Å². The fourth-order valence-corrected chi connectivity index (χ4v) is 5.12. The Bertz CT molecular complexity index is 779. The first-order valence-electron chi connectivity index (χ1n) is 11.6. The van der Waals surface area contributed by atoms with Crippen molar-refractivity contribution in [1.29, 1.82) is 0 Å². The average molecular weight is 405 g/mol. The smallest absolute Gasteiger partial charge is 0.0589 e. The number of likely N-dealkylation sites (tertiary alicyclic amines) is 1. The minimum atomic E-state index is 0.704. The Hall–Kier alpha value is -1.94. The zero-order valence-corrected chi connectivity index (χ0v) is 18.4. The molecule has 0 aromatic heterocycles. The number of fused-ring (bicyclic) bond motifs is 1. The number of hydrogen-bond donors (Lipinski definition) is 0. The lowest BCUT2D eigenvalue weighted by atomic mass is 9.95. The summed E-state index contributed by atoms with van der Waals surface area (Å²) in [5.74, 6) is 0.754. The maximum Gasteiger partial charge on any atom is 0.0589 e. The van der Waals surface area contributed by atoms with E-state index in [-0.39, 0.29) is 0 Å². The van der Waals surface area contributed by atoms with Crippen molar-refractivity contribution in [2.45, 2.75) is 31.7 Å². The SMILES string of the molecule is COCCN(CC=Cc1ccccc1)CC1CCCN(C2Cc3ccccc3C2)C1. The summed E-state index contributed by atoms with van der Waals surface area (Å²) in [7, 11) is 1.80. The molecule has 3 heteroatoms. The summed E-state index contributed by atoms with van der Waals surface area (Å²) >= 11 is 0. The highest BCUT2D eigenvalue weighted by Crippen LogP contribution is 2.29. The van der Waals surface area contributed by atoms with Gasteiger partial charge in [-0.25, -0.2) is 0 Å². The maximum absolute atomic E-state index is 5.39. The van der Waals surface area contributed by atoms with Crippen LogP contribution in [0.25, 0.3) is 6.08 Å². The third-order valence-electron chi connectivity index (χ3n) is 6.70. The summed E-state index contributed by atoms with van der Waals surface area (Å²) in [6, 6.07) is 20.3. The van der Waals surface area contributed by atoms with Gasteiger partial charge in [0.15, 0.2) is 0 Å². The molecule has 4 rings (SSSR count). The Morgan fingerprint density at radius 1 is 1.03 bits per heavy atom. The van der Waals surface area contributed by atoms with Crippen molar-refractivity contribution in [3.63, 3.8) is 0 Å². The molecule has 2 aromatic rings. The van der Waals surface area contributed by atoms with E-state index in [0.717, 1.165) is 25.6 Å². The molecule has 1 atom stereocenters. The highest BCUT2D eigenvalue weighted by molar-refractivity contribution is 5.48. The number of methoxy groups -OCH3 is 1. The van der Waals surface area contributed by atoms with Crippen molar-refractivity contribution in [2.24, 2.45) is 5.92 Å². The molecular formula is C27H36N2O. The van der Waals surface area contributed by atoms with Crippen LogP contribution in [0, 0.1) is 5.92 Å². The standard InChI is InChI=1S/C27H36N2O/c1-30-18-17-28(15-7-11-23-9-3-2-4-10-23)21-24-12-8-16-29(22-24)27-19-25-13-5-6-14-26(25)20-27/h2-7,9-11,13-14,24,27H,8,12,15-22H2,1H3. The second-order valence-corrected chi connectivity index (χ2v) is 8.90. The highest BCUT2D eigenvalue weighted by atomic mass is 16.5. The van der Waals surface area contributed by atoms with E-state index in [1.807, 2.05) is 0 Å². The lowest BCUT2D eigenvalue weighted by Crippen LogP contribution is -2.46. The molecular weight excluding hydrogens is 368 g/mol. The number of rotatable bonds is 9. The van der Waals surface area contributed by atoms with Gasteiger partial charge in [0.25, 0.3) is 0 Å². The van der Waals surface area contributed by atoms with Crippen LogP contribution in [-0.2, 0) is 17.6 Å². The van der Waals surface area contributed by atoms with Crippen LogP contribution in [0.15, 0.2) is 60.7 Å². The van der Waals surface area contributed by atoms with E-state index >= 15 is 0 Å². The topological polar surface area (TPSA) is 15.7 Å². The second kappa shape index (κ2) is 10.9. The lowest BCUT2D eigenvalue weighted by molar-refractivity contribution is 0.0916. The van der Waals surface area contributed by atoms with Crippen LogP contribution < -0.4 is 0 Å². The van der Waals surface area contributed by atoms with Gasteiger partial charge in [-0.15, -0.1) is 0 Å². The van der Waals surface area contributed by atoms with Crippen LogP contribution in [0.1, 0.15) is 29.5 Å². The van der Waals surface area contributed by atoms with E-state index in [9.17, 15) is 0 Å². The van der Waals surface area contributed by atoms with Gasteiger partial charge in [0, 0.05) is 39.3 Å². The van der Waals surface area contributed by atoms with Crippen molar-refractivity contribution in [3.8, 4) is 0 Å². The Kier molecular flexibility index (Phi) is 7.74. The zero-order valence-electron chi connectivity index (χ0n) is 18.4. The van der Waals surface area contributed by atoms with Gasteiger partial charge in [0.2, 0.25) is 0 Å². The van der Waals surface area contributed by atoms with Crippen molar-refractivity contribution in [1.82, 2.24) is 9.80 Å². The Labute approximate surface area is 182 Å². The quantitative estimate of drug-likeness (QED) is 0.611. The van der Waals surface area contributed by atoms with Gasteiger partial charge >= 0.3 is 0 Å². The molecule has 0 saturated carbocycles. The molecule has 1 unspecified atom stereocenters. The van der Waals surface area contributed by atoms with E-state index in [1.165, 1.54) is 50.9 Å². The number of piperidine rings is 1. The number of ether oxygens (including phenoxy) is 1. The predicted molar refractivity (Wildman–Crippen MR) is 126 cm³/mol. The van der Waals surface area contributed by atoms with Crippen LogP contribution in [0.3, 0.4) is 0 Å². The minimum absolute atomic E-state index is 0.704. The van der Waals surface area contributed by atoms with E-state index in [2.05, 4.69) is 76.5 Å². The third kappa shape index (κ3) is 5.81. The van der Waals surface area contributed by atoms with Gasteiger partial charge in [-0.3, -0.25) is 9.80 Å². The molecule has 0 N–H and O–H groups in total. The molecule has 2 aromatic carbocycles. The summed E-state index contributed by atoms with van der Waals surface area (Å²) in [6.07, 6.45) is 9.69. The first-order chi connectivity index (χ1) is 14.8. The number of benzene rings is 2. The second-order valence-electron chi connectivity index (χ2n) is 8.90. The van der Waals surface area contributed by atoms with Crippen LogP contribution in [0.4, 0.5) is 0 Å². The average Bonchev–Trinajstić information content (AvgIpc) is 3.23. The lowest BCUT2D eigenvalue weighted by Gasteiger charge is -2.38. The van der Waals surface area contributed by atoms with Gasteiger partial charge in [-0.1, -0.05) is 66.7 Å². The van der Waals surface area contributed by atoms with Crippen LogP contribution in [-0.4, -0.2) is 62.3 Å². The molecule has 1 saturated heterocycles. The van der Waals surface area contributed by atoms with E-state index in [0.29, 0.717) is 6.04 Å². The molecule has 1 heterocycles. The summed E-state index contributed by atoms with van der Waals surface area (Å²) in [4.78, 5) is 5.35. The predicted octanol–water partition coefficient (Wildman–Crippen LogP) is 4.53. The largest absolute Gasteiger partial charge is 0.383 e. The van der Waals surface area contributed by atoms with Gasteiger partial charge in [0.1, 0.15) is 0 Å². The highest BCUT2D eigenvalue weighted by Gasteiger charge is 2.30. The molecule has 3 nitrogen and oxygen atoms in total. The molecule has 1 aliphatic heterocycles. The Balaban J connectivity index is 1.31. The normalized spacial score (nSPS) is 20.3. The first-order valence-corrected chi connectivity index (χ1v) is 11.6. The minimum Gasteiger partial charge on any atom is -0.383 e. The summed E-state index contributed by atoms with van der Waals surface area (Å²) in [5.41, 5.74) is 4.41. The summed E-state index contributed by atoms with van der Waals surface area (Å²) in [6.45, 7) is 6.46. The van der Waals surface area contributed by atoms with E-state index in [1.54, 1.807) is 18.2 Å². The molecule has 0 bridgehead atoms. The summed E-state index contributed by atoms with van der Waals surface area (Å²) < 4.78 is 5.39. The van der Waals surface area contributed by atoms with Gasteiger partial charge in [-0.2, -0.15) is 0 Å². The summed E-state index contributed by atoms with van der Waals surface area (Å²) in [5, 5.41) is 0. The number of hydrogen-bond acceptors (Lipinski definition) is 3. The fourth-order valence-electron chi connectivity index (χ4n) is 5.12. The molecule has 0 spiro atoms. The monoisotopic (exact) mass is 404 g/mol. The van der Waals surface area contributed by atoms with Gasteiger partial charge < -0.3 is 4.74 Å². The molecule has 0 radical (unpaired) electrons. The first kappa shape index (κ1) is 21.3. The maximum atomic E-state index is 5.39. The third-order valence-corrected chi connectivity index (χ3v) is 6.70.